The molecule has 3 rings (SSSR count). The summed E-state index contributed by atoms with van der Waals surface area (Å²) in [6.45, 7) is 4.11. The second kappa shape index (κ2) is 6.68. The van der Waals surface area contributed by atoms with Gasteiger partial charge in [-0.05, 0) is 43.9 Å². The molecule has 3 saturated carbocycles. The minimum atomic E-state index is -0.397. The number of carbonyl (C=O) groups excluding carboxylic acids is 1. The molecular weight excluding hydrogens is 288 g/mol. The molecule has 130 valence electrons. The van der Waals surface area contributed by atoms with Gasteiger partial charge in [0.25, 0.3) is 0 Å². The van der Waals surface area contributed by atoms with Gasteiger partial charge < -0.3 is 10.2 Å². The van der Waals surface area contributed by atoms with Gasteiger partial charge in [-0.3, -0.25) is 4.79 Å². The van der Waals surface area contributed by atoms with E-state index in [1.165, 1.54) is 19.3 Å². The molecule has 0 heterocycles. The molecule has 0 amide bonds. The van der Waals surface area contributed by atoms with Crippen molar-refractivity contribution >= 4 is 5.78 Å². The van der Waals surface area contributed by atoms with Crippen molar-refractivity contribution < 1.29 is 15.0 Å². The number of Topliss-reactive ketones (excluding diaryl/α,β-unsaturated/α-hetero) is 1. The summed E-state index contributed by atoms with van der Waals surface area (Å²) >= 11 is 0. The van der Waals surface area contributed by atoms with E-state index in [-0.39, 0.29) is 29.3 Å². The van der Waals surface area contributed by atoms with E-state index in [0.29, 0.717) is 18.1 Å². The second-order valence-electron chi connectivity index (χ2n) is 8.15. The average Bonchev–Trinajstić information content (AvgIpc) is 2.60. The van der Waals surface area contributed by atoms with Crippen LogP contribution < -0.4 is 0 Å². The van der Waals surface area contributed by atoms with E-state index >= 15 is 0 Å². The van der Waals surface area contributed by atoms with Gasteiger partial charge >= 0.3 is 0 Å². The quantitative estimate of drug-likeness (QED) is 0.780. The van der Waals surface area contributed by atoms with Gasteiger partial charge in [-0.1, -0.05) is 45.3 Å². The van der Waals surface area contributed by atoms with Crippen LogP contribution in [0.4, 0.5) is 0 Å². The van der Waals surface area contributed by atoms with E-state index in [1.807, 2.05) is 19.1 Å². The Morgan fingerprint density at radius 2 is 1.96 bits per heavy atom. The first-order chi connectivity index (χ1) is 11.0. The molecule has 0 bridgehead atoms. The normalized spacial score (nSPS) is 43.2. The average molecular weight is 320 g/mol. The number of rotatable bonds is 4. The molecule has 3 aliphatic rings. The van der Waals surface area contributed by atoms with Crippen LogP contribution in [0.5, 0.6) is 0 Å². The maximum atomic E-state index is 12.4. The van der Waals surface area contributed by atoms with Crippen molar-refractivity contribution in [3.05, 3.63) is 12.2 Å². The van der Waals surface area contributed by atoms with Crippen LogP contribution in [-0.4, -0.2) is 28.2 Å². The molecular formula is C20H32O3. The lowest BCUT2D eigenvalue weighted by atomic mass is 9.43. The maximum Gasteiger partial charge on any atom is 0.142 e. The predicted octanol–water partition coefficient (Wildman–Crippen LogP) is 3.49. The van der Waals surface area contributed by atoms with E-state index in [4.69, 9.17) is 0 Å². The van der Waals surface area contributed by atoms with Crippen LogP contribution >= 0.6 is 0 Å². The molecule has 3 fully saturated rings. The molecule has 0 spiro atoms. The summed E-state index contributed by atoms with van der Waals surface area (Å²) in [6.07, 6.45) is 11.5. The van der Waals surface area contributed by atoms with Crippen LogP contribution in [0.2, 0.25) is 0 Å². The fraction of sp³-hybridized carbons (Fsp3) is 0.850. The fourth-order valence-electron chi connectivity index (χ4n) is 5.70. The van der Waals surface area contributed by atoms with Gasteiger partial charge in [0.05, 0.1) is 12.2 Å². The molecule has 23 heavy (non-hydrogen) atoms. The van der Waals surface area contributed by atoms with E-state index in [0.717, 1.165) is 25.7 Å². The zero-order valence-electron chi connectivity index (χ0n) is 14.6. The summed E-state index contributed by atoms with van der Waals surface area (Å²) in [5, 5.41) is 20.9. The Kier molecular flexibility index (Phi) is 4.98. The third kappa shape index (κ3) is 2.80. The number of aliphatic hydroxyl groups excluding tert-OH is 2. The Labute approximate surface area is 140 Å². The molecule has 3 heteroatoms. The van der Waals surface area contributed by atoms with Crippen molar-refractivity contribution in [2.24, 2.45) is 29.1 Å². The topological polar surface area (TPSA) is 57.5 Å². The van der Waals surface area contributed by atoms with E-state index in [2.05, 4.69) is 6.92 Å². The van der Waals surface area contributed by atoms with Gasteiger partial charge in [-0.15, -0.1) is 0 Å². The summed E-state index contributed by atoms with van der Waals surface area (Å²) in [5.41, 5.74) is -0.205. The minimum Gasteiger partial charge on any atom is -0.393 e. The summed E-state index contributed by atoms with van der Waals surface area (Å²) in [6, 6.07) is 0. The van der Waals surface area contributed by atoms with E-state index in [1.54, 1.807) is 0 Å². The summed E-state index contributed by atoms with van der Waals surface area (Å²) < 4.78 is 0. The molecule has 0 radical (unpaired) electrons. The van der Waals surface area contributed by atoms with E-state index in [9.17, 15) is 15.0 Å². The molecule has 0 aromatic rings. The third-order valence-corrected chi connectivity index (χ3v) is 7.12. The fourth-order valence-corrected chi connectivity index (χ4v) is 5.70. The van der Waals surface area contributed by atoms with Gasteiger partial charge in [0, 0.05) is 17.3 Å². The number of hydrogen-bond acceptors (Lipinski definition) is 3. The Morgan fingerprint density at radius 1 is 1.26 bits per heavy atom. The predicted molar refractivity (Wildman–Crippen MR) is 90.8 cm³/mol. The number of aliphatic hydroxyl groups is 2. The second-order valence-corrected chi connectivity index (χ2v) is 8.15. The van der Waals surface area contributed by atoms with Crippen LogP contribution in [0.25, 0.3) is 0 Å². The van der Waals surface area contributed by atoms with Crippen molar-refractivity contribution in [2.75, 3.05) is 0 Å². The summed E-state index contributed by atoms with van der Waals surface area (Å²) in [4.78, 5) is 12.4. The third-order valence-electron chi connectivity index (χ3n) is 7.12. The minimum absolute atomic E-state index is 0.0228. The van der Waals surface area contributed by atoms with Crippen LogP contribution in [0.3, 0.4) is 0 Å². The molecule has 2 N–H and O–H groups in total. The number of ketones is 1. The Balaban J connectivity index is 1.72. The smallest absolute Gasteiger partial charge is 0.142 e. The van der Waals surface area contributed by atoms with Crippen molar-refractivity contribution in [3.8, 4) is 0 Å². The van der Waals surface area contributed by atoms with Crippen molar-refractivity contribution in [2.45, 2.75) is 77.4 Å². The Bertz CT molecular complexity index is 466. The summed E-state index contributed by atoms with van der Waals surface area (Å²) in [5.74, 6) is 1.08. The number of carbonyl (C=O) groups is 1. The van der Waals surface area contributed by atoms with Gasteiger partial charge in [0.1, 0.15) is 5.78 Å². The zero-order valence-corrected chi connectivity index (χ0v) is 14.6. The highest BCUT2D eigenvalue weighted by Crippen LogP contribution is 2.60. The molecule has 0 saturated heterocycles. The van der Waals surface area contributed by atoms with Crippen LogP contribution in [0, 0.1) is 29.1 Å². The SMILES string of the molecule is CC[C@]12CC[C@@H](O)[C@H](/C=C/[C@@H](O)C3CCCCC3)[C@H]1C(C)C2=O. The highest BCUT2D eigenvalue weighted by molar-refractivity contribution is 5.94. The first-order valence-electron chi connectivity index (χ1n) is 9.60. The highest BCUT2D eigenvalue weighted by atomic mass is 16.3. The van der Waals surface area contributed by atoms with Gasteiger partial charge in [-0.25, -0.2) is 0 Å². The molecule has 1 unspecified atom stereocenters. The monoisotopic (exact) mass is 320 g/mol. The standard InChI is InChI=1S/C20H32O3/c1-3-20-12-11-17(22)15(18(20)13(2)19(20)23)9-10-16(21)14-7-5-4-6-8-14/h9-10,13-18,21-22H,3-8,11-12H2,1-2H3/b10-9+/t13?,15-,16+,17+,18+,20-/m0/s1. The van der Waals surface area contributed by atoms with Crippen molar-refractivity contribution in [1.29, 1.82) is 0 Å². The molecule has 0 aromatic heterocycles. The number of hydrogen-bond donors (Lipinski definition) is 2. The zero-order chi connectivity index (χ0) is 16.6. The van der Waals surface area contributed by atoms with Gasteiger partial charge in [0.15, 0.2) is 0 Å². The highest BCUT2D eigenvalue weighted by Gasteiger charge is 2.63. The molecule has 0 aromatic carbocycles. The van der Waals surface area contributed by atoms with Gasteiger partial charge in [-0.2, -0.15) is 0 Å². The lowest BCUT2D eigenvalue weighted by Gasteiger charge is -2.59. The maximum absolute atomic E-state index is 12.4. The largest absolute Gasteiger partial charge is 0.393 e. The first-order valence-corrected chi connectivity index (χ1v) is 9.60. The van der Waals surface area contributed by atoms with Gasteiger partial charge in [0.2, 0.25) is 0 Å². The van der Waals surface area contributed by atoms with Crippen LogP contribution in [0.15, 0.2) is 12.2 Å². The van der Waals surface area contributed by atoms with Crippen molar-refractivity contribution in [3.63, 3.8) is 0 Å². The summed E-state index contributed by atoms with van der Waals surface area (Å²) in [7, 11) is 0. The molecule has 3 nitrogen and oxygen atoms in total. The van der Waals surface area contributed by atoms with E-state index < -0.39 is 6.10 Å². The first kappa shape index (κ1) is 17.2. The molecule has 6 atom stereocenters. The molecule has 3 aliphatic carbocycles. The van der Waals surface area contributed by atoms with Crippen LogP contribution in [-0.2, 0) is 4.79 Å². The van der Waals surface area contributed by atoms with Crippen molar-refractivity contribution in [1.82, 2.24) is 0 Å². The lowest BCUT2D eigenvalue weighted by molar-refractivity contribution is -0.174. The van der Waals surface area contributed by atoms with Crippen LogP contribution in [0.1, 0.15) is 65.2 Å². The number of fused-ring (bicyclic) bond motifs is 1. The lowest BCUT2D eigenvalue weighted by Crippen LogP contribution is -2.63. The Hall–Kier alpha value is -0.670. The molecule has 0 aliphatic heterocycles. The Morgan fingerprint density at radius 3 is 2.61 bits per heavy atom.